The lowest BCUT2D eigenvalue weighted by atomic mass is 9.75. The van der Waals surface area contributed by atoms with Crippen LogP contribution in [0.3, 0.4) is 0 Å². The van der Waals surface area contributed by atoms with Gasteiger partial charge in [-0.05, 0) is 47.2 Å². The van der Waals surface area contributed by atoms with E-state index in [0.29, 0.717) is 12.8 Å². The highest BCUT2D eigenvalue weighted by molar-refractivity contribution is 6.02. The molecule has 0 saturated heterocycles. The van der Waals surface area contributed by atoms with Crippen LogP contribution in [0.1, 0.15) is 47.4 Å². The summed E-state index contributed by atoms with van der Waals surface area (Å²) in [6.45, 7) is 4.32. The molecule has 1 aliphatic rings. The van der Waals surface area contributed by atoms with E-state index in [9.17, 15) is 4.79 Å². The molecule has 4 aromatic rings. The lowest BCUT2D eigenvalue weighted by Crippen LogP contribution is -2.27. The van der Waals surface area contributed by atoms with E-state index in [0.717, 1.165) is 51.0 Å². The number of hydrogen-bond donors (Lipinski definition) is 1. The topological polar surface area (TPSA) is 58.6 Å². The minimum absolute atomic E-state index is 0.0216. The normalized spacial score (nSPS) is 15.4. The smallest absolute Gasteiger partial charge is 0.165 e. The fourth-order valence-corrected chi connectivity index (χ4v) is 4.49. The van der Waals surface area contributed by atoms with Crippen molar-refractivity contribution in [1.82, 2.24) is 15.0 Å². The Morgan fingerprint density at radius 3 is 2.69 bits per heavy atom. The monoisotopic (exact) mass is 381 g/mol. The van der Waals surface area contributed by atoms with Crippen molar-refractivity contribution in [1.29, 1.82) is 0 Å². The fraction of sp³-hybridized carbons (Fsp3) is 0.240. The van der Waals surface area contributed by atoms with Crippen LogP contribution in [0.25, 0.3) is 22.2 Å². The first-order valence-corrected chi connectivity index (χ1v) is 10.0. The maximum Gasteiger partial charge on any atom is 0.165 e. The highest BCUT2D eigenvalue weighted by Gasteiger charge is 2.35. The summed E-state index contributed by atoms with van der Waals surface area (Å²) in [5.41, 5.74) is 7.17. The molecule has 3 aromatic heterocycles. The van der Waals surface area contributed by atoms with Crippen molar-refractivity contribution in [3.8, 4) is 11.3 Å². The molecule has 0 radical (unpaired) electrons. The van der Waals surface area contributed by atoms with Crippen molar-refractivity contribution >= 4 is 16.7 Å². The van der Waals surface area contributed by atoms with Crippen LogP contribution in [0.5, 0.6) is 0 Å². The second kappa shape index (κ2) is 6.66. The van der Waals surface area contributed by atoms with Crippen LogP contribution in [0.15, 0.2) is 61.1 Å². The Bertz CT molecular complexity index is 1220. The maximum absolute atomic E-state index is 13.1. The van der Waals surface area contributed by atoms with Crippen molar-refractivity contribution in [3.05, 3.63) is 83.4 Å². The molecule has 0 atom stereocenters. The van der Waals surface area contributed by atoms with Gasteiger partial charge in [0.2, 0.25) is 0 Å². The second-order valence-electron chi connectivity index (χ2n) is 8.72. The molecule has 0 unspecified atom stereocenters. The molecule has 0 bridgehead atoms. The highest BCUT2D eigenvalue weighted by atomic mass is 16.1. The summed E-state index contributed by atoms with van der Waals surface area (Å²) in [5.74, 6) is 0.233. The molecule has 0 spiro atoms. The summed E-state index contributed by atoms with van der Waals surface area (Å²) in [6, 6.07) is 14.3. The van der Waals surface area contributed by atoms with Gasteiger partial charge in [-0.1, -0.05) is 32.0 Å². The van der Waals surface area contributed by atoms with Crippen LogP contribution < -0.4 is 0 Å². The van der Waals surface area contributed by atoms with Gasteiger partial charge in [0.15, 0.2) is 5.78 Å². The number of nitrogens with one attached hydrogen (secondary N) is 1. The number of rotatable bonds is 3. The van der Waals surface area contributed by atoms with E-state index in [4.69, 9.17) is 0 Å². The molecule has 0 aliphatic heterocycles. The van der Waals surface area contributed by atoms with Gasteiger partial charge in [0, 0.05) is 53.6 Å². The van der Waals surface area contributed by atoms with Crippen molar-refractivity contribution < 1.29 is 4.79 Å². The van der Waals surface area contributed by atoms with Crippen molar-refractivity contribution in [2.45, 2.75) is 33.1 Å². The van der Waals surface area contributed by atoms with E-state index in [1.165, 1.54) is 0 Å². The number of fused-ring (bicyclic) bond motifs is 2. The minimum atomic E-state index is -0.0216. The minimum Gasteiger partial charge on any atom is -0.358 e. The van der Waals surface area contributed by atoms with Gasteiger partial charge in [-0.15, -0.1) is 0 Å². The molecule has 144 valence electrons. The summed E-state index contributed by atoms with van der Waals surface area (Å²) in [7, 11) is 0. The number of aromatic nitrogens is 3. The molecule has 29 heavy (non-hydrogen) atoms. The first-order valence-electron chi connectivity index (χ1n) is 10.0. The van der Waals surface area contributed by atoms with Gasteiger partial charge < -0.3 is 4.98 Å². The number of para-hydroxylation sites is 1. The third kappa shape index (κ3) is 3.25. The molecule has 5 rings (SSSR count). The van der Waals surface area contributed by atoms with Crippen LogP contribution >= 0.6 is 0 Å². The lowest BCUT2D eigenvalue weighted by Gasteiger charge is -2.28. The molecule has 4 nitrogen and oxygen atoms in total. The van der Waals surface area contributed by atoms with Gasteiger partial charge in [-0.25, -0.2) is 0 Å². The van der Waals surface area contributed by atoms with Crippen LogP contribution in [0.2, 0.25) is 0 Å². The summed E-state index contributed by atoms with van der Waals surface area (Å²) < 4.78 is 0. The predicted octanol–water partition coefficient (Wildman–Crippen LogP) is 5.37. The molecule has 1 aliphatic carbocycles. The zero-order chi connectivity index (χ0) is 20.0. The predicted molar refractivity (Wildman–Crippen MR) is 115 cm³/mol. The summed E-state index contributed by atoms with van der Waals surface area (Å²) in [6.07, 6.45) is 7.64. The third-order valence-electron chi connectivity index (χ3n) is 5.75. The lowest BCUT2D eigenvalue weighted by molar-refractivity contribution is 0.0911. The standard InChI is InChI=1S/C25H23N3O/c1-25(2)13-21-23(22(29)14-25)19(24(28-21)17-7-9-26-10-8-17)12-16-11-18-5-3-4-6-20(18)27-15-16/h3-11,15,28H,12-14H2,1-2H3. The molecular weight excluding hydrogens is 358 g/mol. The first kappa shape index (κ1) is 17.8. The number of ketones is 1. The molecule has 1 aromatic carbocycles. The number of carbonyl (C=O) groups excluding carboxylic acids is 1. The zero-order valence-electron chi connectivity index (χ0n) is 16.7. The molecular formula is C25H23N3O. The van der Waals surface area contributed by atoms with Crippen LogP contribution in [0.4, 0.5) is 0 Å². The number of benzene rings is 1. The Hall–Kier alpha value is -3.27. The zero-order valence-corrected chi connectivity index (χ0v) is 16.7. The van der Waals surface area contributed by atoms with Gasteiger partial charge in [0.05, 0.1) is 11.2 Å². The fourth-order valence-electron chi connectivity index (χ4n) is 4.49. The largest absolute Gasteiger partial charge is 0.358 e. The average molecular weight is 381 g/mol. The van der Waals surface area contributed by atoms with E-state index >= 15 is 0 Å². The summed E-state index contributed by atoms with van der Waals surface area (Å²) in [4.78, 5) is 25.5. The Morgan fingerprint density at radius 1 is 1.07 bits per heavy atom. The van der Waals surface area contributed by atoms with Crippen molar-refractivity contribution in [2.75, 3.05) is 0 Å². The molecule has 0 fully saturated rings. The number of aromatic amines is 1. The Labute approximate surface area is 170 Å². The second-order valence-corrected chi connectivity index (χ2v) is 8.72. The van der Waals surface area contributed by atoms with E-state index in [2.05, 4.69) is 40.9 Å². The number of pyridine rings is 2. The average Bonchev–Trinajstić information content (AvgIpc) is 3.05. The van der Waals surface area contributed by atoms with Crippen LogP contribution in [0, 0.1) is 5.41 Å². The number of Topliss-reactive ketones (excluding diaryl/α,β-unsaturated/α-hetero) is 1. The molecule has 1 N–H and O–H groups in total. The van der Waals surface area contributed by atoms with Gasteiger partial charge in [-0.3, -0.25) is 14.8 Å². The third-order valence-corrected chi connectivity index (χ3v) is 5.75. The van der Waals surface area contributed by atoms with Crippen molar-refractivity contribution in [2.24, 2.45) is 5.41 Å². The summed E-state index contributed by atoms with van der Waals surface area (Å²) >= 11 is 0. The van der Waals surface area contributed by atoms with Gasteiger partial charge in [0.25, 0.3) is 0 Å². The van der Waals surface area contributed by atoms with Crippen LogP contribution in [-0.4, -0.2) is 20.7 Å². The first-order chi connectivity index (χ1) is 14.0. The Kier molecular flexibility index (Phi) is 4.09. The Balaban J connectivity index is 1.66. The van der Waals surface area contributed by atoms with E-state index < -0.39 is 0 Å². The van der Waals surface area contributed by atoms with Gasteiger partial charge >= 0.3 is 0 Å². The number of hydrogen-bond acceptors (Lipinski definition) is 3. The van der Waals surface area contributed by atoms with E-state index in [1.54, 1.807) is 12.4 Å². The van der Waals surface area contributed by atoms with Gasteiger partial charge in [-0.2, -0.15) is 0 Å². The molecule has 0 amide bonds. The van der Waals surface area contributed by atoms with Crippen LogP contribution in [-0.2, 0) is 12.8 Å². The number of H-pyrrole nitrogens is 1. The number of carbonyl (C=O) groups is 1. The van der Waals surface area contributed by atoms with E-state index in [1.807, 2.05) is 36.5 Å². The molecule has 0 saturated carbocycles. The van der Waals surface area contributed by atoms with Gasteiger partial charge in [0.1, 0.15) is 0 Å². The van der Waals surface area contributed by atoms with E-state index in [-0.39, 0.29) is 11.2 Å². The number of nitrogens with zero attached hydrogens (tertiary/aromatic N) is 2. The Morgan fingerprint density at radius 2 is 1.86 bits per heavy atom. The maximum atomic E-state index is 13.1. The van der Waals surface area contributed by atoms with Crippen molar-refractivity contribution in [3.63, 3.8) is 0 Å². The summed E-state index contributed by atoms with van der Waals surface area (Å²) in [5, 5.41) is 1.12. The quantitative estimate of drug-likeness (QED) is 0.519. The molecule has 3 heterocycles. The SMILES string of the molecule is CC1(C)CC(=O)c2c([nH]c(-c3ccncc3)c2Cc2cnc3ccccc3c2)C1. The molecule has 4 heteroatoms. The highest BCUT2D eigenvalue weighted by Crippen LogP contribution is 2.40.